The second-order valence-corrected chi connectivity index (χ2v) is 5.24. The van der Waals surface area contributed by atoms with Crippen molar-refractivity contribution in [3.8, 4) is 0 Å². The van der Waals surface area contributed by atoms with E-state index in [1.54, 1.807) is 6.20 Å². The molecular formula is C9H8Cl2N2S. The Morgan fingerprint density at radius 1 is 1.50 bits per heavy atom. The molecular weight excluding hydrogens is 239 g/mol. The first kappa shape index (κ1) is 10.0. The predicted molar refractivity (Wildman–Crippen MR) is 60.4 cm³/mol. The molecule has 0 atom stereocenters. The summed E-state index contributed by atoms with van der Waals surface area (Å²) in [5.41, 5.74) is 1.04. The van der Waals surface area contributed by atoms with Crippen LogP contribution in [0.5, 0.6) is 0 Å². The molecule has 0 bridgehead atoms. The Bertz CT molecular complexity index is 447. The molecule has 0 unspecified atom stereocenters. The second kappa shape index (κ2) is 3.93. The van der Waals surface area contributed by atoms with Crippen molar-refractivity contribution in [1.29, 1.82) is 0 Å². The lowest BCUT2D eigenvalue weighted by molar-refractivity contribution is 0.764. The third-order valence-electron chi connectivity index (χ3n) is 1.99. The molecule has 2 nitrogen and oxygen atoms in total. The van der Waals surface area contributed by atoms with Crippen LogP contribution >= 0.6 is 34.5 Å². The van der Waals surface area contributed by atoms with Crippen molar-refractivity contribution < 1.29 is 0 Å². The number of hydrogen-bond acceptors (Lipinski definition) is 2. The fourth-order valence-electron chi connectivity index (χ4n) is 1.24. The van der Waals surface area contributed by atoms with Gasteiger partial charge >= 0.3 is 0 Å². The van der Waals surface area contributed by atoms with Crippen molar-refractivity contribution in [3.63, 3.8) is 0 Å². The number of aryl methyl sites for hydroxylation is 1. The van der Waals surface area contributed by atoms with E-state index in [2.05, 4.69) is 4.98 Å². The third-order valence-corrected chi connectivity index (χ3v) is 3.56. The van der Waals surface area contributed by atoms with E-state index in [0.717, 1.165) is 26.6 Å². The Balaban J connectivity index is 2.27. The SMILES string of the molecule is Cc1nccn1Cc1cc(Cl)sc1Cl. The van der Waals surface area contributed by atoms with Crippen LogP contribution < -0.4 is 0 Å². The fraction of sp³-hybridized carbons (Fsp3) is 0.222. The normalized spacial score (nSPS) is 10.8. The molecule has 0 amide bonds. The zero-order valence-corrected chi connectivity index (χ0v) is 9.83. The quantitative estimate of drug-likeness (QED) is 0.792. The molecule has 0 aliphatic heterocycles. The van der Waals surface area contributed by atoms with Crippen LogP contribution in [0.25, 0.3) is 0 Å². The lowest BCUT2D eigenvalue weighted by atomic mass is 10.3. The average Bonchev–Trinajstić information content (AvgIpc) is 2.62. The maximum atomic E-state index is 6.01. The molecule has 74 valence electrons. The van der Waals surface area contributed by atoms with Crippen molar-refractivity contribution in [1.82, 2.24) is 9.55 Å². The predicted octanol–water partition coefficient (Wildman–Crippen LogP) is 3.61. The molecule has 2 heterocycles. The molecule has 0 radical (unpaired) electrons. The lowest BCUT2D eigenvalue weighted by Crippen LogP contribution is -1.99. The van der Waals surface area contributed by atoms with Crippen molar-refractivity contribution in [2.75, 3.05) is 0 Å². The van der Waals surface area contributed by atoms with E-state index >= 15 is 0 Å². The lowest BCUT2D eigenvalue weighted by Gasteiger charge is -2.02. The summed E-state index contributed by atoms with van der Waals surface area (Å²) >= 11 is 13.3. The van der Waals surface area contributed by atoms with Crippen LogP contribution in [-0.4, -0.2) is 9.55 Å². The van der Waals surface area contributed by atoms with Gasteiger partial charge in [-0.3, -0.25) is 0 Å². The highest BCUT2D eigenvalue weighted by Crippen LogP contribution is 2.31. The maximum Gasteiger partial charge on any atom is 0.105 e. The third kappa shape index (κ3) is 1.95. The highest BCUT2D eigenvalue weighted by atomic mass is 35.5. The maximum absolute atomic E-state index is 6.01. The van der Waals surface area contributed by atoms with Gasteiger partial charge in [-0.2, -0.15) is 0 Å². The summed E-state index contributed by atoms with van der Waals surface area (Å²) in [4.78, 5) is 4.14. The minimum Gasteiger partial charge on any atom is -0.331 e. The van der Waals surface area contributed by atoms with Gasteiger partial charge in [0.05, 0.1) is 15.2 Å². The molecule has 2 aromatic heterocycles. The first-order valence-electron chi connectivity index (χ1n) is 4.08. The van der Waals surface area contributed by atoms with Gasteiger partial charge in [-0.15, -0.1) is 11.3 Å². The largest absolute Gasteiger partial charge is 0.331 e. The Labute approximate surface area is 96.1 Å². The zero-order valence-electron chi connectivity index (χ0n) is 7.50. The molecule has 0 saturated heterocycles. The smallest absolute Gasteiger partial charge is 0.105 e. The molecule has 2 aromatic rings. The number of hydrogen-bond donors (Lipinski definition) is 0. The summed E-state index contributed by atoms with van der Waals surface area (Å²) in [5.74, 6) is 0.975. The monoisotopic (exact) mass is 246 g/mol. The number of aromatic nitrogens is 2. The van der Waals surface area contributed by atoms with Gasteiger partial charge in [0.25, 0.3) is 0 Å². The van der Waals surface area contributed by atoms with Crippen LogP contribution in [0.1, 0.15) is 11.4 Å². The topological polar surface area (TPSA) is 17.8 Å². The van der Waals surface area contributed by atoms with Gasteiger partial charge in [-0.1, -0.05) is 23.2 Å². The first-order chi connectivity index (χ1) is 6.66. The number of thiophene rings is 1. The van der Waals surface area contributed by atoms with Crippen molar-refractivity contribution >= 4 is 34.5 Å². The fourth-order valence-corrected chi connectivity index (χ4v) is 2.71. The van der Waals surface area contributed by atoms with E-state index in [0.29, 0.717) is 0 Å². The summed E-state index contributed by atoms with van der Waals surface area (Å²) < 4.78 is 3.51. The summed E-state index contributed by atoms with van der Waals surface area (Å²) in [5, 5.41) is 0. The molecule has 0 aromatic carbocycles. The van der Waals surface area contributed by atoms with Gasteiger partial charge < -0.3 is 4.57 Å². The number of rotatable bonds is 2. The zero-order chi connectivity index (χ0) is 10.1. The van der Waals surface area contributed by atoms with Crippen LogP contribution in [0, 0.1) is 6.92 Å². The highest BCUT2D eigenvalue weighted by molar-refractivity contribution is 7.20. The van der Waals surface area contributed by atoms with E-state index in [4.69, 9.17) is 23.2 Å². The number of imidazole rings is 1. The van der Waals surface area contributed by atoms with Gasteiger partial charge in [-0.25, -0.2) is 4.98 Å². The van der Waals surface area contributed by atoms with Crippen LogP contribution in [0.2, 0.25) is 8.67 Å². The number of nitrogens with zero attached hydrogens (tertiary/aromatic N) is 2. The minimum atomic E-state index is 0.725. The molecule has 5 heteroatoms. The molecule has 2 rings (SSSR count). The first-order valence-corrected chi connectivity index (χ1v) is 5.65. The van der Waals surface area contributed by atoms with Crippen LogP contribution in [0.3, 0.4) is 0 Å². The molecule has 14 heavy (non-hydrogen) atoms. The van der Waals surface area contributed by atoms with Gasteiger partial charge in [0.1, 0.15) is 5.82 Å². The van der Waals surface area contributed by atoms with E-state index in [1.807, 2.05) is 23.8 Å². The Morgan fingerprint density at radius 3 is 2.79 bits per heavy atom. The van der Waals surface area contributed by atoms with Crippen LogP contribution in [0.15, 0.2) is 18.5 Å². The van der Waals surface area contributed by atoms with Crippen molar-refractivity contribution in [3.05, 3.63) is 38.5 Å². The van der Waals surface area contributed by atoms with E-state index in [-0.39, 0.29) is 0 Å². The number of halogens is 2. The molecule has 0 fully saturated rings. The minimum absolute atomic E-state index is 0.725. The Kier molecular flexibility index (Phi) is 2.81. The van der Waals surface area contributed by atoms with Gasteiger partial charge in [0, 0.05) is 18.0 Å². The summed E-state index contributed by atoms with van der Waals surface area (Å²) in [7, 11) is 0. The van der Waals surface area contributed by atoms with E-state index in [9.17, 15) is 0 Å². The summed E-state index contributed by atoms with van der Waals surface area (Å²) in [6, 6.07) is 1.90. The summed E-state index contributed by atoms with van der Waals surface area (Å²) in [6.07, 6.45) is 3.70. The summed E-state index contributed by atoms with van der Waals surface area (Å²) in [6.45, 7) is 2.69. The average molecular weight is 247 g/mol. The van der Waals surface area contributed by atoms with Crippen molar-refractivity contribution in [2.24, 2.45) is 0 Å². The standard InChI is InChI=1S/C9H8Cl2N2S/c1-6-12-2-3-13(6)5-7-4-8(10)14-9(7)11/h2-4H,5H2,1H3. The van der Waals surface area contributed by atoms with E-state index in [1.165, 1.54) is 11.3 Å². The highest BCUT2D eigenvalue weighted by Gasteiger charge is 2.07. The molecule has 0 N–H and O–H groups in total. The van der Waals surface area contributed by atoms with E-state index < -0.39 is 0 Å². The van der Waals surface area contributed by atoms with Crippen LogP contribution in [-0.2, 0) is 6.54 Å². The molecule has 0 aliphatic rings. The second-order valence-electron chi connectivity index (χ2n) is 2.95. The van der Waals surface area contributed by atoms with Gasteiger partial charge in [-0.05, 0) is 13.0 Å². The Hall–Kier alpha value is -0.510. The Morgan fingerprint density at radius 2 is 2.29 bits per heavy atom. The van der Waals surface area contributed by atoms with Gasteiger partial charge in [0.2, 0.25) is 0 Å². The molecule has 0 saturated carbocycles. The van der Waals surface area contributed by atoms with Gasteiger partial charge in [0.15, 0.2) is 0 Å². The van der Waals surface area contributed by atoms with Crippen molar-refractivity contribution in [2.45, 2.75) is 13.5 Å². The molecule has 0 spiro atoms. The molecule has 0 aliphatic carbocycles. The van der Waals surface area contributed by atoms with Crippen LogP contribution in [0.4, 0.5) is 0 Å².